The summed E-state index contributed by atoms with van der Waals surface area (Å²) < 4.78 is 4.66. The summed E-state index contributed by atoms with van der Waals surface area (Å²) in [4.78, 5) is 61.5. The maximum absolute atomic E-state index is 12.9. The van der Waals surface area contributed by atoms with Gasteiger partial charge in [0.15, 0.2) is 0 Å². The van der Waals surface area contributed by atoms with Crippen molar-refractivity contribution in [3.05, 3.63) is 94.0 Å². The first kappa shape index (κ1) is 24.6. The van der Waals surface area contributed by atoms with Crippen molar-refractivity contribution >= 4 is 52.5 Å². The first-order chi connectivity index (χ1) is 17.3. The smallest absolute Gasteiger partial charge is 0.337 e. The first-order valence-corrected chi connectivity index (χ1v) is 11.5. The summed E-state index contributed by atoms with van der Waals surface area (Å²) in [5, 5.41) is 12.8. The van der Waals surface area contributed by atoms with Crippen LogP contribution in [0.5, 0.6) is 0 Å². The minimum Gasteiger partial charge on any atom is -0.465 e. The number of ether oxygens (including phenoxy) is 1. The van der Waals surface area contributed by atoms with E-state index in [0.29, 0.717) is 16.9 Å². The van der Waals surface area contributed by atoms with Gasteiger partial charge < -0.3 is 10.1 Å². The second kappa shape index (κ2) is 10.4. The summed E-state index contributed by atoms with van der Waals surface area (Å²) in [6.45, 7) is 0. The molecule has 1 aliphatic heterocycles. The number of thioether (sulfide) groups is 1. The number of benzene rings is 3. The molecule has 3 aromatic rings. The number of hydrogen-bond acceptors (Lipinski definition) is 8. The van der Waals surface area contributed by atoms with Crippen molar-refractivity contribution < 1.29 is 28.8 Å². The molecule has 1 aliphatic rings. The number of anilines is 2. The van der Waals surface area contributed by atoms with Gasteiger partial charge in [-0.1, -0.05) is 0 Å². The highest BCUT2D eigenvalue weighted by Crippen LogP contribution is 2.34. The molecule has 3 aromatic carbocycles. The van der Waals surface area contributed by atoms with Gasteiger partial charge in [-0.15, -0.1) is 11.8 Å². The van der Waals surface area contributed by atoms with Crippen molar-refractivity contribution in [1.82, 2.24) is 0 Å². The Kier molecular flexibility index (Phi) is 7.11. The van der Waals surface area contributed by atoms with E-state index in [1.54, 1.807) is 24.3 Å². The predicted octanol–water partition coefficient (Wildman–Crippen LogP) is 4.06. The van der Waals surface area contributed by atoms with Crippen molar-refractivity contribution in [3.63, 3.8) is 0 Å². The number of nitrogens with one attached hydrogen (secondary N) is 1. The van der Waals surface area contributed by atoms with Gasteiger partial charge in [-0.3, -0.25) is 24.5 Å². The Bertz CT molecular complexity index is 1340. The molecule has 0 spiro atoms. The van der Waals surface area contributed by atoms with E-state index in [0.717, 1.165) is 9.80 Å². The first-order valence-electron chi connectivity index (χ1n) is 10.6. The van der Waals surface area contributed by atoms with Gasteiger partial charge in [0, 0.05) is 34.7 Å². The lowest BCUT2D eigenvalue weighted by Gasteiger charge is -2.15. The van der Waals surface area contributed by atoms with Crippen LogP contribution in [0.3, 0.4) is 0 Å². The summed E-state index contributed by atoms with van der Waals surface area (Å²) >= 11 is 1.24. The second-order valence-electron chi connectivity index (χ2n) is 7.70. The topological polar surface area (TPSA) is 136 Å². The summed E-state index contributed by atoms with van der Waals surface area (Å²) in [6, 6.07) is 18.1. The normalized spacial score (nSPS) is 15.0. The average Bonchev–Trinajstić information content (AvgIpc) is 3.17. The van der Waals surface area contributed by atoms with E-state index in [1.807, 2.05) is 0 Å². The number of nitro benzene ring substituents is 1. The highest BCUT2D eigenvalue weighted by atomic mass is 32.2. The van der Waals surface area contributed by atoms with Crippen molar-refractivity contribution in [2.75, 3.05) is 17.3 Å². The monoisotopic (exact) mass is 505 g/mol. The van der Waals surface area contributed by atoms with Crippen LogP contribution >= 0.6 is 11.8 Å². The molecule has 0 saturated carbocycles. The van der Waals surface area contributed by atoms with Crippen LogP contribution in [-0.4, -0.2) is 41.0 Å². The summed E-state index contributed by atoms with van der Waals surface area (Å²) in [5.74, 6) is -1.63. The number of esters is 1. The maximum Gasteiger partial charge on any atom is 0.337 e. The lowest BCUT2D eigenvalue weighted by Crippen LogP contribution is -2.31. The van der Waals surface area contributed by atoms with Crippen LogP contribution in [0.2, 0.25) is 0 Å². The molecular formula is C25H19N3O7S. The number of imide groups is 1. The second-order valence-corrected chi connectivity index (χ2v) is 8.98. The molecule has 1 heterocycles. The van der Waals surface area contributed by atoms with E-state index < -0.39 is 22.0 Å². The fraction of sp³-hybridized carbons (Fsp3) is 0.120. The lowest BCUT2D eigenvalue weighted by molar-refractivity contribution is -0.384. The third-order valence-electron chi connectivity index (χ3n) is 5.38. The molecule has 10 nitrogen and oxygen atoms in total. The van der Waals surface area contributed by atoms with E-state index in [4.69, 9.17) is 0 Å². The molecule has 36 heavy (non-hydrogen) atoms. The summed E-state index contributed by atoms with van der Waals surface area (Å²) in [5.41, 5.74) is 1.36. The third-order valence-corrected chi connectivity index (χ3v) is 6.58. The van der Waals surface area contributed by atoms with Gasteiger partial charge >= 0.3 is 5.97 Å². The number of carbonyl (C=O) groups is 4. The average molecular weight is 506 g/mol. The molecular weight excluding hydrogens is 486 g/mol. The Morgan fingerprint density at radius 1 is 0.972 bits per heavy atom. The fourth-order valence-electron chi connectivity index (χ4n) is 3.55. The highest BCUT2D eigenvalue weighted by molar-refractivity contribution is 8.00. The summed E-state index contributed by atoms with van der Waals surface area (Å²) in [6.07, 6.45) is 0.0287. The number of rotatable bonds is 7. The molecule has 1 atom stereocenters. The van der Waals surface area contributed by atoms with Gasteiger partial charge in [-0.2, -0.15) is 0 Å². The number of non-ortho nitro benzene ring substituents is 1. The van der Waals surface area contributed by atoms with E-state index in [2.05, 4.69) is 10.1 Å². The van der Waals surface area contributed by atoms with Crippen molar-refractivity contribution in [1.29, 1.82) is 0 Å². The molecule has 1 N–H and O–H groups in total. The minimum absolute atomic E-state index is 0.0287. The van der Waals surface area contributed by atoms with Crippen LogP contribution in [-0.2, 0) is 14.3 Å². The number of hydrogen-bond donors (Lipinski definition) is 1. The zero-order valence-electron chi connectivity index (χ0n) is 18.9. The van der Waals surface area contributed by atoms with Gasteiger partial charge in [-0.25, -0.2) is 9.69 Å². The zero-order chi connectivity index (χ0) is 25.8. The quantitative estimate of drug-likeness (QED) is 0.220. The van der Waals surface area contributed by atoms with Crippen LogP contribution in [0.4, 0.5) is 17.1 Å². The van der Waals surface area contributed by atoms with Gasteiger partial charge in [-0.05, 0) is 60.7 Å². The Hall–Kier alpha value is -4.51. The number of nitro groups is 1. The van der Waals surface area contributed by atoms with Gasteiger partial charge in [0.05, 0.1) is 28.5 Å². The van der Waals surface area contributed by atoms with Crippen molar-refractivity contribution in [3.8, 4) is 0 Å². The molecule has 0 aromatic heterocycles. The highest BCUT2D eigenvalue weighted by Gasteiger charge is 2.40. The van der Waals surface area contributed by atoms with Crippen molar-refractivity contribution in [2.24, 2.45) is 0 Å². The maximum atomic E-state index is 12.9. The SMILES string of the molecule is COC(=O)c1ccc(N2C(=O)CC(Sc3ccc(NC(=O)c4ccc([N+](=O)[O-])cc4)cc3)C2=O)cc1. The van der Waals surface area contributed by atoms with Crippen LogP contribution in [0.15, 0.2) is 77.7 Å². The molecule has 4 rings (SSSR count). The molecule has 0 radical (unpaired) electrons. The molecule has 182 valence electrons. The molecule has 1 unspecified atom stereocenters. The Balaban J connectivity index is 1.38. The van der Waals surface area contributed by atoms with Crippen LogP contribution in [0.1, 0.15) is 27.1 Å². The lowest BCUT2D eigenvalue weighted by atomic mass is 10.2. The molecule has 1 saturated heterocycles. The zero-order valence-corrected chi connectivity index (χ0v) is 19.7. The van der Waals surface area contributed by atoms with E-state index >= 15 is 0 Å². The molecule has 3 amide bonds. The van der Waals surface area contributed by atoms with Crippen molar-refractivity contribution in [2.45, 2.75) is 16.6 Å². The number of carbonyl (C=O) groups excluding carboxylic acids is 4. The Morgan fingerprint density at radius 3 is 2.17 bits per heavy atom. The van der Waals surface area contributed by atoms with Crippen LogP contribution < -0.4 is 10.2 Å². The molecule has 1 fully saturated rings. The standard InChI is InChI=1S/C25H19N3O7S/c1-35-25(32)16-4-8-18(9-5-16)27-22(29)14-21(24(27)31)36-20-12-6-17(7-13-20)26-23(30)15-2-10-19(11-3-15)28(33)34/h2-13,21H,14H2,1H3,(H,26,30). The van der Waals surface area contributed by atoms with Gasteiger partial charge in [0.2, 0.25) is 11.8 Å². The third kappa shape index (κ3) is 5.26. The van der Waals surface area contributed by atoms with E-state index in [1.165, 1.54) is 67.4 Å². The number of nitrogens with zero attached hydrogens (tertiary/aromatic N) is 2. The van der Waals surface area contributed by atoms with Crippen LogP contribution in [0.25, 0.3) is 0 Å². The Morgan fingerprint density at radius 2 is 1.58 bits per heavy atom. The Labute approximate surface area is 209 Å². The van der Waals surface area contributed by atoms with Gasteiger partial charge in [0.25, 0.3) is 11.6 Å². The molecule has 0 aliphatic carbocycles. The van der Waals surface area contributed by atoms with Gasteiger partial charge in [0.1, 0.15) is 0 Å². The number of methoxy groups -OCH3 is 1. The predicted molar refractivity (Wildman–Crippen MR) is 132 cm³/mol. The van der Waals surface area contributed by atoms with E-state index in [-0.39, 0.29) is 29.5 Å². The van der Waals surface area contributed by atoms with Crippen LogP contribution in [0, 0.1) is 10.1 Å². The van der Waals surface area contributed by atoms with E-state index in [9.17, 15) is 29.3 Å². The minimum atomic E-state index is -0.613. The summed E-state index contributed by atoms with van der Waals surface area (Å²) in [7, 11) is 1.27. The molecule has 11 heteroatoms. The largest absolute Gasteiger partial charge is 0.465 e. The number of amides is 3. The fourth-order valence-corrected chi connectivity index (χ4v) is 4.60. The molecule has 0 bridgehead atoms.